The lowest BCUT2D eigenvalue weighted by atomic mass is 9.96. The minimum absolute atomic E-state index is 0.146. The molecule has 3 aromatic carbocycles. The molecule has 1 atom stereocenters. The molecule has 0 radical (unpaired) electrons. The number of unbranched alkanes of at least 4 members (excludes halogenated alkanes) is 1. The molecule has 1 aromatic heterocycles. The number of carbonyl (C=O) groups excluding carboxylic acids is 1. The molecule has 0 spiro atoms. The number of para-hydroxylation sites is 2. The molecule has 0 bridgehead atoms. The molecule has 7 heteroatoms. The topological polar surface area (TPSA) is 85.1 Å². The third kappa shape index (κ3) is 5.92. The van der Waals surface area contributed by atoms with Gasteiger partial charge in [0, 0.05) is 32.7 Å². The van der Waals surface area contributed by atoms with Crippen molar-refractivity contribution in [3.05, 3.63) is 102 Å². The Hall–Kier alpha value is -4.28. The number of amides is 1. The van der Waals surface area contributed by atoms with Gasteiger partial charge in [0.2, 0.25) is 5.91 Å². The molecule has 1 aliphatic heterocycles. The van der Waals surface area contributed by atoms with Gasteiger partial charge in [-0.1, -0.05) is 86.1 Å². The fourth-order valence-electron chi connectivity index (χ4n) is 5.24. The molecule has 0 saturated carbocycles. The number of carbonyl (C=O) groups is 1. The minimum atomic E-state index is -1.02. The van der Waals surface area contributed by atoms with E-state index >= 15 is 0 Å². The monoisotopic (exact) mass is 518 g/mol. The van der Waals surface area contributed by atoms with Crippen molar-refractivity contribution in [2.75, 3.05) is 37.6 Å². The molecule has 1 fully saturated rings. The Bertz CT molecular complexity index is 1390. The van der Waals surface area contributed by atoms with Crippen LogP contribution in [-0.4, -0.2) is 53.5 Å². The zero-order valence-electron chi connectivity index (χ0n) is 22.3. The number of fused-ring (bicyclic) bond motifs is 1. The van der Waals surface area contributed by atoms with Gasteiger partial charge in [-0.15, -0.1) is 0 Å². The summed E-state index contributed by atoms with van der Waals surface area (Å²) < 4.78 is 0. The zero-order chi connectivity index (χ0) is 27.0. The maximum absolute atomic E-state index is 13.0. The summed E-state index contributed by atoms with van der Waals surface area (Å²) in [7, 11) is 0. The Morgan fingerprint density at radius 2 is 1.44 bits per heavy atom. The van der Waals surface area contributed by atoms with Crippen molar-refractivity contribution in [1.29, 1.82) is 5.26 Å². The van der Waals surface area contributed by atoms with Gasteiger partial charge in [-0.2, -0.15) is 5.26 Å². The number of aromatic nitrogens is 2. The second-order valence-corrected chi connectivity index (χ2v) is 9.87. The fraction of sp³-hybridized carbons (Fsp3) is 0.312. The average Bonchev–Trinajstić information content (AvgIpc) is 2.99. The molecule has 7 nitrogen and oxygen atoms in total. The molecule has 1 amide bonds. The van der Waals surface area contributed by atoms with E-state index < -0.39 is 5.92 Å². The highest BCUT2D eigenvalue weighted by Crippen LogP contribution is 2.32. The van der Waals surface area contributed by atoms with E-state index in [0.717, 1.165) is 31.4 Å². The first-order valence-corrected chi connectivity index (χ1v) is 13.7. The molecule has 2 heterocycles. The molecular formula is C32H34N6O. The van der Waals surface area contributed by atoms with E-state index in [1.807, 2.05) is 36.4 Å². The number of nitrogens with one attached hydrogen (secondary N) is 1. The lowest BCUT2D eigenvalue weighted by Crippen LogP contribution is -2.48. The lowest BCUT2D eigenvalue weighted by Gasteiger charge is -2.40. The van der Waals surface area contributed by atoms with Gasteiger partial charge in [0.05, 0.1) is 23.1 Å². The second-order valence-electron chi connectivity index (χ2n) is 9.87. The molecule has 198 valence electrons. The Morgan fingerprint density at radius 1 is 0.872 bits per heavy atom. The predicted molar refractivity (Wildman–Crippen MR) is 154 cm³/mol. The number of anilines is 1. The van der Waals surface area contributed by atoms with Crippen molar-refractivity contribution in [2.45, 2.75) is 31.7 Å². The number of hydrogen-bond donors (Lipinski definition) is 1. The van der Waals surface area contributed by atoms with Gasteiger partial charge >= 0.3 is 0 Å². The van der Waals surface area contributed by atoms with Crippen molar-refractivity contribution in [2.24, 2.45) is 0 Å². The van der Waals surface area contributed by atoms with Crippen LogP contribution in [0.1, 0.15) is 48.5 Å². The van der Waals surface area contributed by atoms with Crippen molar-refractivity contribution < 1.29 is 4.79 Å². The normalized spacial score (nSPS) is 14.7. The quantitative estimate of drug-likeness (QED) is 0.312. The summed E-state index contributed by atoms with van der Waals surface area (Å²) in [5.41, 5.74) is 4.40. The van der Waals surface area contributed by atoms with Crippen LogP contribution in [0.5, 0.6) is 0 Å². The number of hydrogen-bond acceptors (Lipinski definition) is 6. The number of benzene rings is 3. The molecule has 0 aliphatic carbocycles. The first-order chi connectivity index (χ1) is 19.2. The zero-order valence-corrected chi connectivity index (χ0v) is 22.3. The standard InChI is InChI=1S/C32H34N6O/c1-2-3-18-34-32(39)26(23-33)29-31(36-28-17-11-10-16-27(28)35-29)38-21-19-37(20-22-38)30(24-12-6-4-7-13-24)25-14-8-5-9-15-25/h4-17,26,30H,2-3,18-22H2,1H3,(H,34,39)/t26-/m1/s1. The maximum atomic E-state index is 13.0. The SMILES string of the molecule is CCCCNC(=O)[C@H](C#N)c1nc2ccccc2nc1N1CCN(C(c2ccccc2)c2ccccc2)CC1. The van der Waals surface area contributed by atoms with Gasteiger partial charge in [-0.3, -0.25) is 9.69 Å². The highest BCUT2D eigenvalue weighted by molar-refractivity contribution is 5.88. The highest BCUT2D eigenvalue weighted by atomic mass is 16.1. The van der Waals surface area contributed by atoms with Crippen LogP contribution in [0.3, 0.4) is 0 Å². The minimum Gasteiger partial charge on any atom is -0.355 e. The number of piperazine rings is 1. The molecule has 1 aliphatic rings. The Kier molecular flexibility index (Phi) is 8.45. The summed E-state index contributed by atoms with van der Waals surface area (Å²) in [5, 5.41) is 13.0. The van der Waals surface area contributed by atoms with Crippen molar-refractivity contribution >= 4 is 22.8 Å². The van der Waals surface area contributed by atoms with Crippen molar-refractivity contribution in [3.63, 3.8) is 0 Å². The Labute approximate surface area is 230 Å². The lowest BCUT2D eigenvalue weighted by molar-refractivity contribution is -0.121. The first-order valence-electron chi connectivity index (χ1n) is 13.7. The van der Waals surface area contributed by atoms with E-state index in [4.69, 9.17) is 9.97 Å². The van der Waals surface area contributed by atoms with Crippen LogP contribution in [0.25, 0.3) is 11.0 Å². The van der Waals surface area contributed by atoms with Crippen molar-refractivity contribution in [3.8, 4) is 6.07 Å². The maximum Gasteiger partial charge on any atom is 0.243 e. The number of nitriles is 1. The summed E-state index contributed by atoms with van der Waals surface area (Å²) in [6.45, 7) is 5.66. The summed E-state index contributed by atoms with van der Waals surface area (Å²) in [6.07, 6.45) is 1.84. The fourth-order valence-corrected chi connectivity index (χ4v) is 5.24. The number of rotatable bonds is 9. The van der Waals surface area contributed by atoms with E-state index in [9.17, 15) is 10.1 Å². The highest BCUT2D eigenvalue weighted by Gasteiger charge is 2.32. The molecule has 4 aromatic rings. The van der Waals surface area contributed by atoms with E-state index in [2.05, 4.69) is 76.6 Å². The molecule has 5 rings (SSSR count). The van der Waals surface area contributed by atoms with Gasteiger partial charge in [-0.25, -0.2) is 9.97 Å². The third-order valence-electron chi connectivity index (χ3n) is 7.28. The van der Waals surface area contributed by atoms with Gasteiger partial charge in [0.15, 0.2) is 11.7 Å². The van der Waals surface area contributed by atoms with E-state index in [1.165, 1.54) is 11.1 Å². The number of nitrogens with zero attached hydrogens (tertiary/aromatic N) is 5. The van der Waals surface area contributed by atoms with Crippen LogP contribution in [-0.2, 0) is 4.79 Å². The van der Waals surface area contributed by atoms with Crippen molar-refractivity contribution in [1.82, 2.24) is 20.2 Å². The molecular weight excluding hydrogens is 484 g/mol. The second kappa shape index (κ2) is 12.5. The molecule has 1 saturated heterocycles. The Morgan fingerprint density at radius 3 is 2.00 bits per heavy atom. The van der Waals surface area contributed by atoms with Crippen LogP contribution in [0, 0.1) is 11.3 Å². The van der Waals surface area contributed by atoms with Crippen LogP contribution < -0.4 is 10.2 Å². The van der Waals surface area contributed by atoms with Gasteiger partial charge in [-0.05, 0) is 29.7 Å². The van der Waals surface area contributed by atoms with E-state index in [0.29, 0.717) is 36.7 Å². The van der Waals surface area contributed by atoms with Gasteiger partial charge < -0.3 is 10.2 Å². The largest absolute Gasteiger partial charge is 0.355 e. The third-order valence-corrected chi connectivity index (χ3v) is 7.28. The molecule has 1 N–H and O–H groups in total. The van der Waals surface area contributed by atoms with E-state index in [1.54, 1.807) is 0 Å². The first kappa shape index (κ1) is 26.3. The summed E-state index contributed by atoms with van der Waals surface area (Å²) >= 11 is 0. The van der Waals surface area contributed by atoms with Gasteiger partial charge in [0.1, 0.15) is 5.69 Å². The smallest absolute Gasteiger partial charge is 0.243 e. The summed E-state index contributed by atoms with van der Waals surface area (Å²) in [4.78, 5) is 27.5. The summed E-state index contributed by atoms with van der Waals surface area (Å²) in [5.74, 6) is -0.710. The average molecular weight is 519 g/mol. The van der Waals surface area contributed by atoms with Crippen LogP contribution >= 0.6 is 0 Å². The Balaban J connectivity index is 1.43. The van der Waals surface area contributed by atoms with Crippen LogP contribution in [0.2, 0.25) is 0 Å². The molecule has 39 heavy (non-hydrogen) atoms. The van der Waals surface area contributed by atoms with Crippen LogP contribution in [0.4, 0.5) is 5.82 Å². The predicted octanol–water partition coefficient (Wildman–Crippen LogP) is 5.06. The van der Waals surface area contributed by atoms with Gasteiger partial charge in [0.25, 0.3) is 0 Å². The van der Waals surface area contributed by atoms with E-state index in [-0.39, 0.29) is 11.9 Å². The summed E-state index contributed by atoms with van der Waals surface area (Å²) in [6, 6.07) is 31.2. The molecule has 0 unspecified atom stereocenters. The van der Waals surface area contributed by atoms with Crippen LogP contribution in [0.15, 0.2) is 84.9 Å².